The SMILES string of the molecule is CCCCOc1ccc(C#CC2(O)CN3CCC2CC3)c(Cc2cccc(F)c2)n1. The first kappa shape index (κ1) is 20.8. The molecule has 0 radical (unpaired) electrons. The van der Waals surface area contributed by atoms with Gasteiger partial charge < -0.3 is 9.84 Å². The Balaban J connectivity index is 1.61. The first-order valence-corrected chi connectivity index (χ1v) is 10.9. The zero-order valence-corrected chi connectivity index (χ0v) is 17.5. The van der Waals surface area contributed by atoms with Gasteiger partial charge in [0.25, 0.3) is 0 Å². The van der Waals surface area contributed by atoms with Crippen molar-refractivity contribution in [1.82, 2.24) is 9.88 Å². The molecule has 3 fully saturated rings. The molecule has 1 atom stereocenters. The molecule has 0 spiro atoms. The van der Waals surface area contributed by atoms with Gasteiger partial charge >= 0.3 is 0 Å². The second-order valence-corrected chi connectivity index (χ2v) is 8.38. The number of hydrogen-bond acceptors (Lipinski definition) is 4. The molecule has 5 rings (SSSR count). The summed E-state index contributed by atoms with van der Waals surface area (Å²) < 4.78 is 19.4. The van der Waals surface area contributed by atoms with Crippen LogP contribution in [0.2, 0.25) is 0 Å². The molecule has 1 aromatic carbocycles. The average Bonchev–Trinajstić information content (AvgIpc) is 2.74. The summed E-state index contributed by atoms with van der Waals surface area (Å²) in [6.45, 7) is 5.43. The molecule has 0 amide bonds. The van der Waals surface area contributed by atoms with Gasteiger partial charge in [-0.15, -0.1) is 0 Å². The van der Waals surface area contributed by atoms with Crippen molar-refractivity contribution in [3.8, 4) is 17.7 Å². The van der Waals surface area contributed by atoms with Gasteiger partial charge in [-0.3, -0.25) is 4.90 Å². The van der Waals surface area contributed by atoms with E-state index in [1.807, 2.05) is 18.2 Å². The number of fused-ring (bicyclic) bond motifs is 3. The number of nitrogens with zero attached hydrogens (tertiary/aromatic N) is 2. The van der Waals surface area contributed by atoms with Gasteiger partial charge in [-0.1, -0.05) is 37.3 Å². The highest BCUT2D eigenvalue weighted by atomic mass is 19.1. The molecule has 4 nitrogen and oxygen atoms in total. The van der Waals surface area contributed by atoms with Crippen LogP contribution < -0.4 is 4.74 Å². The van der Waals surface area contributed by atoms with E-state index >= 15 is 0 Å². The fourth-order valence-electron chi connectivity index (χ4n) is 4.33. The molecule has 2 bridgehead atoms. The second kappa shape index (κ2) is 9.16. The summed E-state index contributed by atoms with van der Waals surface area (Å²) in [6, 6.07) is 10.3. The minimum atomic E-state index is -0.969. The molecule has 0 aliphatic carbocycles. The van der Waals surface area contributed by atoms with Gasteiger partial charge in [0.1, 0.15) is 11.4 Å². The predicted octanol–water partition coefficient (Wildman–Crippen LogP) is 3.80. The fourth-order valence-corrected chi connectivity index (χ4v) is 4.33. The number of aliphatic hydroxyl groups is 1. The van der Waals surface area contributed by atoms with Crippen LogP contribution in [0.5, 0.6) is 5.88 Å². The van der Waals surface area contributed by atoms with E-state index in [1.54, 1.807) is 6.07 Å². The molecule has 30 heavy (non-hydrogen) atoms. The van der Waals surface area contributed by atoms with Crippen LogP contribution in [0.25, 0.3) is 0 Å². The van der Waals surface area contributed by atoms with Gasteiger partial charge in [0, 0.05) is 30.5 Å². The van der Waals surface area contributed by atoms with Crippen LogP contribution in [0, 0.1) is 23.6 Å². The maximum atomic E-state index is 13.7. The number of rotatable bonds is 6. The molecule has 3 saturated heterocycles. The monoisotopic (exact) mass is 408 g/mol. The first-order chi connectivity index (χ1) is 14.6. The largest absolute Gasteiger partial charge is 0.478 e. The van der Waals surface area contributed by atoms with Crippen LogP contribution in [-0.4, -0.2) is 46.8 Å². The van der Waals surface area contributed by atoms with E-state index < -0.39 is 5.60 Å². The molecule has 4 heterocycles. The Bertz CT molecular complexity index is 944. The molecular formula is C25H29FN2O2. The molecular weight excluding hydrogens is 379 g/mol. The van der Waals surface area contributed by atoms with Crippen LogP contribution in [0.1, 0.15) is 49.4 Å². The quantitative estimate of drug-likeness (QED) is 0.583. The molecule has 5 heteroatoms. The number of unbranched alkanes of at least 4 members (excludes halogenated alkanes) is 1. The van der Waals surface area contributed by atoms with Gasteiger partial charge in [0.05, 0.1) is 12.3 Å². The van der Waals surface area contributed by atoms with Crippen molar-refractivity contribution in [3.05, 3.63) is 59.0 Å². The lowest BCUT2D eigenvalue weighted by atomic mass is 9.75. The average molecular weight is 409 g/mol. The summed E-state index contributed by atoms with van der Waals surface area (Å²) in [5.74, 6) is 6.88. The summed E-state index contributed by atoms with van der Waals surface area (Å²) in [7, 11) is 0. The second-order valence-electron chi connectivity index (χ2n) is 8.38. The van der Waals surface area contributed by atoms with Gasteiger partial charge in [-0.25, -0.2) is 9.37 Å². The van der Waals surface area contributed by atoms with Crippen molar-refractivity contribution < 1.29 is 14.2 Å². The summed E-state index contributed by atoms with van der Waals surface area (Å²) in [5.41, 5.74) is 1.36. The smallest absolute Gasteiger partial charge is 0.213 e. The zero-order valence-electron chi connectivity index (χ0n) is 17.5. The normalized spacial score (nSPS) is 24.9. The van der Waals surface area contributed by atoms with Crippen LogP contribution in [0.4, 0.5) is 4.39 Å². The van der Waals surface area contributed by atoms with Crippen LogP contribution >= 0.6 is 0 Å². The van der Waals surface area contributed by atoms with E-state index in [-0.39, 0.29) is 11.7 Å². The third-order valence-electron chi connectivity index (χ3n) is 6.10. The number of halogens is 1. The maximum absolute atomic E-state index is 13.7. The van der Waals surface area contributed by atoms with Crippen molar-refractivity contribution in [3.63, 3.8) is 0 Å². The van der Waals surface area contributed by atoms with Gasteiger partial charge in [0.2, 0.25) is 5.88 Å². The van der Waals surface area contributed by atoms with E-state index in [1.165, 1.54) is 12.1 Å². The van der Waals surface area contributed by atoms with Crippen LogP contribution in [-0.2, 0) is 6.42 Å². The summed E-state index contributed by atoms with van der Waals surface area (Å²) >= 11 is 0. The van der Waals surface area contributed by atoms with Crippen LogP contribution in [0.3, 0.4) is 0 Å². The summed E-state index contributed by atoms with van der Waals surface area (Å²) in [5, 5.41) is 11.1. The predicted molar refractivity (Wildman–Crippen MR) is 115 cm³/mol. The third kappa shape index (κ3) is 4.83. The standard InChI is InChI=1S/C25H29FN2O2/c1-2-3-15-30-24-8-7-20(23(27-24)17-19-5-4-6-22(26)16-19)9-12-25(29)18-28-13-10-21(25)11-14-28/h4-8,16,21,29H,2-3,10-11,13-15,17-18H2,1H3. The molecule has 3 aliphatic rings. The van der Waals surface area contributed by atoms with Gasteiger partial charge in [-0.2, -0.15) is 0 Å². The van der Waals surface area contributed by atoms with E-state index in [9.17, 15) is 9.50 Å². The van der Waals surface area contributed by atoms with Gasteiger partial charge in [-0.05, 0) is 56.1 Å². The van der Waals surface area contributed by atoms with E-state index in [2.05, 4.69) is 28.6 Å². The number of benzene rings is 1. The molecule has 2 aromatic rings. The van der Waals surface area contributed by atoms with Crippen molar-refractivity contribution in [2.45, 2.75) is 44.6 Å². The van der Waals surface area contributed by atoms with E-state index in [0.29, 0.717) is 25.5 Å². The molecule has 1 unspecified atom stereocenters. The lowest BCUT2D eigenvalue weighted by molar-refractivity contribution is -0.0713. The third-order valence-corrected chi connectivity index (χ3v) is 6.10. The van der Waals surface area contributed by atoms with Gasteiger partial charge in [0.15, 0.2) is 0 Å². The van der Waals surface area contributed by atoms with E-state index in [4.69, 9.17) is 4.74 Å². The maximum Gasteiger partial charge on any atom is 0.213 e. The number of piperidine rings is 3. The molecule has 0 saturated carbocycles. The first-order valence-electron chi connectivity index (χ1n) is 10.9. The minimum Gasteiger partial charge on any atom is -0.478 e. The Hall–Kier alpha value is -2.42. The van der Waals surface area contributed by atoms with Crippen LogP contribution in [0.15, 0.2) is 36.4 Å². The Labute approximate surface area is 178 Å². The molecule has 158 valence electrons. The van der Waals surface area contributed by atoms with Crippen molar-refractivity contribution in [2.75, 3.05) is 26.2 Å². The fraction of sp³-hybridized carbons (Fsp3) is 0.480. The Morgan fingerprint density at radius 3 is 2.80 bits per heavy atom. The Morgan fingerprint density at radius 2 is 2.10 bits per heavy atom. The highest BCUT2D eigenvalue weighted by molar-refractivity contribution is 5.44. The van der Waals surface area contributed by atoms with Crippen molar-refractivity contribution >= 4 is 0 Å². The number of ether oxygens (including phenoxy) is 1. The lowest BCUT2D eigenvalue weighted by Crippen LogP contribution is -2.58. The topological polar surface area (TPSA) is 45.6 Å². The number of hydrogen-bond donors (Lipinski definition) is 1. The highest BCUT2D eigenvalue weighted by Gasteiger charge is 2.44. The number of aromatic nitrogens is 1. The summed E-state index contributed by atoms with van der Waals surface area (Å²) in [4.78, 5) is 6.95. The lowest BCUT2D eigenvalue weighted by Gasteiger charge is -2.47. The Morgan fingerprint density at radius 1 is 1.27 bits per heavy atom. The molecule has 3 aliphatic heterocycles. The highest BCUT2D eigenvalue weighted by Crippen LogP contribution is 2.35. The van der Waals surface area contributed by atoms with Crippen molar-refractivity contribution in [1.29, 1.82) is 0 Å². The molecule has 1 aromatic heterocycles. The Kier molecular flexibility index (Phi) is 6.36. The minimum absolute atomic E-state index is 0.228. The number of pyridine rings is 1. The summed E-state index contributed by atoms with van der Waals surface area (Å²) in [6.07, 6.45) is 4.46. The van der Waals surface area contributed by atoms with E-state index in [0.717, 1.165) is 55.6 Å². The van der Waals surface area contributed by atoms with Crippen molar-refractivity contribution in [2.24, 2.45) is 5.92 Å². The molecule has 1 N–H and O–H groups in total. The zero-order chi connectivity index (χ0) is 21.0.